The summed E-state index contributed by atoms with van der Waals surface area (Å²) in [4.78, 5) is 2.39. The van der Waals surface area contributed by atoms with E-state index in [1.54, 1.807) is 12.1 Å². The van der Waals surface area contributed by atoms with E-state index in [1.807, 2.05) is 31.2 Å². The van der Waals surface area contributed by atoms with Crippen LogP contribution in [0.4, 0.5) is 4.39 Å². The van der Waals surface area contributed by atoms with E-state index in [2.05, 4.69) is 32.6 Å². The molecule has 0 saturated heterocycles. The summed E-state index contributed by atoms with van der Waals surface area (Å²) in [6.07, 6.45) is 0.680. The normalized spacial score (nSPS) is 14.3. The smallest absolute Gasteiger partial charge is 0.123 e. The SMILES string of the molecule is CC(C)N(CCC(C)(O)c1ccc(-c2ccc(F)cc2)cc1)C(C)C. The molecule has 0 spiro atoms. The van der Waals surface area contributed by atoms with Crippen molar-refractivity contribution in [3.8, 4) is 11.1 Å². The molecule has 0 heterocycles. The zero-order valence-electron chi connectivity index (χ0n) is 16.0. The van der Waals surface area contributed by atoms with Crippen molar-refractivity contribution < 1.29 is 9.50 Å². The Bertz CT molecular complexity index is 651. The molecule has 1 N–H and O–H groups in total. The third-order valence-electron chi connectivity index (χ3n) is 4.87. The molecule has 1 atom stereocenters. The topological polar surface area (TPSA) is 23.5 Å². The van der Waals surface area contributed by atoms with Crippen molar-refractivity contribution in [1.29, 1.82) is 0 Å². The van der Waals surface area contributed by atoms with Crippen LogP contribution in [0.5, 0.6) is 0 Å². The lowest BCUT2D eigenvalue weighted by Crippen LogP contribution is -2.40. The standard InChI is InChI=1S/C22H30FNO/c1-16(2)24(17(3)4)15-14-22(5,25)20-10-6-18(7-11-20)19-8-12-21(23)13-9-19/h6-13,16-17,25H,14-15H2,1-5H3. The highest BCUT2D eigenvalue weighted by molar-refractivity contribution is 5.63. The number of halogens is 1. The summed E-state index contributed by atoms with van der Waals surface area (Å²) in [7, 11) is 0. The molecular weight excluding hydrogens is 313 g/mol. The van der Waals surface area contributed by atoms with Crippen molar-refractivity contribution in [2.24, 2.45) is 0 Å². The predicted molar refractivity (Wildman–Crippen MR) is 103 cm³/mol. The maximum Gasteiger partial charge on any atom is 0.123 e. The Hall–Kier alpha value is -1.71. The van der Waals surface area contributed by atoms with Gasteiger partial charge in [-0.2, -0.15) is 0 Å². The van der Waals surface area contributed by atoms with Gasteiger partial charge in [0, 0.05) is 18.6 Å². The molecule has 0 saturated carbocycles. The first kappa shape index (κ1) is 19.6. The summed E-state index contributed by atoms with van der Waals surface area (Å²) >= 11 is 0. The second-order valence-electron chi connectivity index (χ2n) is 7.53. The van der Waals surface area contributed by atoms with E-state index < -0.39 is 5.60 Å². The zero-order chi connectivity index (χ0) is 18.6. The van der Waals surface area contributed by atoms with Crippen LogP contribution in [0.25, 0.3) is 11.1 Å². The van der Waals surface area contributed by atoms with Gasteiger partial charge in [-0.1, -0.05) is 36.4 Å². The quantitative estimate of drug-likeness (QED) is 0.746. The van der Waals surface area contributed by atoms with E-state index in [9.17, 15) is 9.50 Å². The van der Waals surface area contributed by atoms with Gasteiger partial charge in [-0.15, -0.1) is 0 Å². The minimum Gasteiger partial charge on any atom is -0.385 e. The highest BCUT2D eigenvalue weighted by atomic mass is 19.1. The molecule has 0 bridgehead atoms. The minimum atomic E-state index is -0.872. The van der Waals surface area contributed by atoms with E-state index in [0.717, 1.165) is 23.2 Å². The Morgan fingerprint density at radius 2 is 1.32 bits per heavy atom. The van der Waals surface area contributed by atoms with Gasteiger partial charge in [0.15, 0.2) is 0 Å². The summed E-state index contributed by atoms with van der Waals surface area (Å²) in [6.45, 7) is 11.5. The van der Waals surface area contributed by atoms with Crippen molar-refractivity contribution in [2.75, 3.05) is 6.54 Å². The van der Waals surface area contributed by atoms with Crippen LogP contribution in [0, 0.1) is 5.82 Å². The molecule has 2 aromatic rings. The molecule has 0 aliphatic heterocycles. The maximum absolute atomic E-state index is 13.0. The fourth-order valence-electron chi connectivity index (χ4n) is 3.27. The van der Waals surface area contributed by atoms with Gasteiger partial charge in [-0.25, -0.2) is 4.39 Å². The van der Waals surface area contributed by atoms with Gasteiger partial charge in [-0.3, -0.25) is 4.90 Å². The van der Waals surface area contributed by atoms with Gasteiger partial charge in [0.05, 0.1) is 5.60 Å². The van der Waals surface area contributed by atoms with Crippen molar-refractivity contribution in [2.45, 2.75) is 58.7 Å². The van der Waals surface area contributed by atoms with Crippen LogP contribution in [0.2, 0.25) is 0 Å². The molecule has 2 rings (SSSR count). The van der Waals surface area contributed by atoms with Crippen molar-refractivity contribution in [1.82, 2.24) is 4.90 Å². The van der Waals surface area contributed by atoms with Gasteiger partial charge < -0.3 is 5.11 Å². The lowest BCUT2D eigenvalue weighted by Gasteiger charge is -2.34. The molecule has 2 aromatic carbocycles. The fraction of sp³-hybridized carbons (Fsp3) is 0.455. The Kier molecular flexibility index (Phi) is 6.36. The molecule has 0 aliphatic carbocycles. The van der Waals surface area contributed by atoms with Gasteiger partial charge in [0.25, 0.3) is 0 Å². The van der Waals surface area contributed by atoms with Gasteiger partial charge >= 0.3 is 0 Å². The van der Waals surface area contributed by atoms with E-state index >= 15 is 0 Å². The first-order chi connectivity index (χ1) is 11.7. The summed E-state index contributed by atoms with van der Waals surface area (Å²) in [5.41, 5.74) is 2.03. The van der Waals surface area contributed by atoms with Crippen LogP contribution >= 0.6 is 0 Å². The van der Waals surface area contributed by atoms with E-state index in [4.69, 9.17) is 0 Å². The molecule has 0 aromatic heterocycles. The molecular formula is C22H30FNO. The third-order valence-corrected chi connectivity index (χ3v) is 4.87. The van der Waals surface area contributed by atoms with Crippen LogP contribution in [0.3, 0.4) is 0 Å². The van der Waals surface area contributed by atoms with Crippen LogP contribution in [0.15, 0.2) is 48.5 Å². The summed E-state index contributed by atoms with van der Waals surface area (Å²) < 4.78 is 13.0. The molecule has 3 heteroatoms. The molecule has 136 valence electrons. The van der Waals surface area contributed by atoms with Crippen molar-refractivity contribution in [3.63, 3.8) is 0 Å². The van der Waals surface area contributed by atoms with Crippen LogP contribution in [-0.4, -0.2) is 28.6 Å². The molecule has 0 amide bonds. The second-order valence-corrected chi connectivity index (χ2v) is 7.53. The molecule has 1 unspecified atom stereocenters. The summed E-state index contributed by atoms with van der Waals surface area (Å²) in [6, 6.07) is 15.3. The lowest BCUT2D eigenvalue weighted by atomic mass is 9.90. The molecule has 0 radical (unpaired) electrons. The maximum atomic E-state index is 13.0. The zero-order valence-corrected chi connectivity index (χ0v) is 16.0. The number of aliphatic hydroxyl groups is 1. The van der Waals surface area contributed by atoms with Gasteiger partial charge in [-0.05, 0) is 69.9 Å². The largest absolute Gasteiger partial charge is 0.385 e. The van der Waals surface area contributed by atoms with Crippen LogP contribution in [0.1, 0.15) is 46.6 Å². The van der Waals surface area contributed by atoms with Crippen LogP contribution in [-0.2, 0) is 5.60 Å². The number of nitrogens with zero attached hydrogens (tertiary/aromatic N) is 1. The van der Waals surface area contributed by atoms with Gasteiger partial charge in [0.2, 0.25) is 0 Å². The Morgan fingerprint density at radius 1 is 0.880 bits per heavy atom. The highest BCUT2D eigenvalue weighted by Crippen LogP contribution is 2.28. The van der Waals surface area contributed by atoms with Gasteiger partial charge in [0.1, 0.15) is 5.82 Å². The van der Waals surface area contributed by atoms with Crippen molar-refractivity contribution >= 4 is 0 Å². The number of hydrogen-bond acceptors (Lipinski definition) is 2. The average molecular weight is 343 g/mol. The van der Waals surface area contributed by atoms with E-state index in [-0.39, 0.29) is 5.82 Å². The van der Waals surface area contributed by atoms with Crippen molar-refractivity contribution in [3.05, 3.63) is 59.9 Å². The Morgan fingerprint density at radius 3 is 1.76 bits per heavy atom. The number of benzene rings is 2. The third kappa shape index (κ3) is 5.13. The summed E-state index contributed by atoms with van der Waals surface area (Å²) in [5.74, 6) is -0.233. The van der Waals surface area contributed by atoms with Crippen LogP contribution < -0.4 is 0 Å². The minimum absolute atomic E-state index is 0.233. The molecule has 0 aliphatic rings. The lowest BCUT2D eigenvalue weighted by molar-refractivity contribution is 0.0272. The van der Waals surface area contributed by atoms with E-state index in [0.29, 0.717) is 18.5 Å². The Labute approximate surface area is 151 Å². The first-order valence-electron chi connectivity index (χ1n) is 9.05. The highest BCUT2D eigenvalue weighted by Gasteiger charge is 2.25. The number of hydrogen-bond donors (Lipinski definition) is 1. The number of rotatable bonds is 7. The average Bonchev–Trinajstić information content (AvgIpc) is 2.55. The van der Waals surface area contributed by atoms with E-state index in [1.165, 1.54) is 12.1 Å². The molecule has 0 fully saturated rings. The second kappa shape index (κ2) is 8.11. The Balaban J connectivity index is 2.10. The molecule has 2 nitrogen and oxygen atoms in total. The first-order valence-corrected chi connectivity index (χ1v) is 9.05. The molecule has 25 heavy (non-hydrogen) atoms. The predicted octanol–water partition coefficient (Wildman–Crippen LogP) is 5.21. The fourth-order valence-corrected chi connectivity index (χ4v) is 3.27. The summed E-state index contributed by atoms with van der Waals surface area (Å²) in [5, 5.41) is 10.9. The monoisotopic (exact) mass is 343 g/mol.